The number of thiol groups is 1. The molecule has 0 atom stereocenters. The van der Waals surface area contributed by atoms with Crippen LogP contribution in [0.15, 0.2) is 0 Å². The van der Waals surface area contributed by atoms with E-state index < -0.39 is 0 Å². The van der Waals surface area contributed by atoms with Crippen LogP contribution in [0.5, 0.6) is 0 Å². The van der Waals surface area contributed by atoms with Crippen molar-refractivity contribution in [3.63, 3.8) is 0 Å². The number of nitrogens with zero attached hydrogens (tertiary/aromatic N) is 1. The molecule has 1 saturated carbocycles. The Bertz CT molecular complexity index is 102. The van der Waals surface area contributed by atoms with Gasteiger partial charge in [0.25, 0.3) is 0 Å². The van der Waals surface area contributed by atoms with Crippen molar-refractivity contribution in [1.29, 1.82) is 0 Å². The monoisotopic (exact) mass is 191 g/mol. The Kier molecular flexibility index (Phi) is 4.72. The fourth-order valence-electron chi connectivity index (χ4n) is 1.64. The van der Waals surface area contributed by atoms with Gasteiger partial charge in [-0.1, -0.05) is 31.2 Å². The van der Waals surface area contributed by atoms with E-state index in [1.807, 2.05) is 11.9 Å². The Hall–Kier alpha value is 0.660. The summed E-state index contributed by atoms with van der Waals surface area (Å²) in [5.74, 6) is 0. The average molecular weight is 191 g/mol. The van der Waals surface area contributed by atoms with Crippen molar-refractivity contribution in [3.05, 3.63) is 0 Å². The minimum atomic E-state index is 0.820. The molecule has 66 valence electrons. The molecule has 0 saturated heterocycles. The predicted molar refractivity (Wildman–Crippen MR) is 56.1 cm³/mol. The van der Waals surface area contributed by atoms with Crippen molar-refractivity contribution in [2.45, 2.75) is 38.1 Å². The molecule has 0 amide bonds. The molecule has 0 unspecified atom stereocenters. The Morgan fingerprint density at radius 2 is 2.00 bits per heavy atom. The summed E-state index contributed by atoms with van der Waals surface area (Å²) in [6.45, 7) is 0. The predicted octanol–water partition coefficient (Wildman–Crippen LogP) is 2.79. The van der Waals surface area contributed by atoms with E-state index in [-0.39, 0.29) is 0 Å². The second-order valence-electron chi connectivity index (χ2n) is 3.10. The first-order chi connectivity index (χ1) is 5.34. The van der Waals surface area contributed by atoms with Gasteiger partial charge in [-0.15, -0.1) is 0 Å². The molecule has 1 nitrogen and oxygen atoms in total. The molecule has 1 fully saturated rings. The van der Waals surface area contributed by atoms with E-state index in [1.165, 1.54) is 32.1 Å². The molecule has 0 bridgehead atoms. The lowest BCUT2D eigenvalue weighted by atomic mass is 9.96. The fourth-order valence-corrected chi connectivity index (χ4v) is 2.79. The molecular weight excluding hydrogens is 174 g/mol. The Balaban J connectivity index is 2.21. The van der Waals surface area contributed by atoms with E-state index >= 15 is 0 Å². The summed E-state index contributed by atoms with van der Waals surface area (Å²) < 4.78 is 2.38. The third-order valence-electron chi connectivity index (χ3n) is 2.35. The van der Waals surface area contributed by atoms with Gasteiger partial charge >= 0.3 is 0 Å². The quantitative estimate of drug-likeness (QED) is 0.415. The topological polar surface area (TPSA) is 3.24 Å². The molecule has 11 heavy (non-hydrogen) atoms. The highest BCUT2D eigenvalue weighted by molar-refractivity contribution is 8.07. The zero-order chi connectivity index (χ0) is 8.10. The highest BCUT2D eigenvalue weighted by Crippen LogP contribution is 2.25. The summed E-state index contributed by atoms with van der Waals surface area (Å²) >= 11 is 6.04. The Morgan fingerprint density at radius 1 is 1.36 bits per heavy atom. The molecule has 0 heterocycles. The van der Waals surface area contributed by atoms with Crippen LogP contribution >= 0.6 is 24.6 Å². The van der Waals surface area contributed by atoms with Crippen LogP contribution in [-0.4, -0.2) is 22.5 Å². The maximum atomic E-state index is 4.20. The lowest BCUT2D eigenvalue weighted by molar-refractivity contribution is 0.306. The number of rotatable bonds is 3. The van der Waals surface area contributed by atoms with Crippen molar-refractivity contribution in [3.8, 4) is 0 Å². The lowest BCUT2D eigenvalue weighted by Crippen LogP contribution is -2.27. The van der Waals surface area contributed by atoms with Gasteiger partial charge < -0.3 is 0 Å². The minimum absolute atomic E-state index is 0.820. The molecule has 0 radical (unpaired) electrons. The normalized spacial score (nSPS) is 21.0. The standard InChI is InChI=1S/C8H17NS2/c1-9(11-7-10)8-5-3-2-4-6-8/h8,10H,2-7H2,1H3. The van der Waals surface area contributed by atoms with Gasteiger partial charge in [-0.2, -0.15) is 12.6 Å². The molecule has 3 heteroatoms. The summed E-state index contributed by atoms with van der Waals surface area (Å²) in [6, 6.07) is 0.820. The van der Waals surface area contributed by atoms with Crippen molar-refractivity contribution in [2.75, 3.05) is 12.1 Å². The first-order valence-electron chi connectivity index (χ1n) is 4.31. The Labute approximate surface area is 79.5 Å². The Morgan fingerprint density at radius 3 is 2.55 bits per heavy atom. The number of hydrogen-bond donors (Lipinski definition) is 1. The molecule has 0 aromatic heterocycles. The zero-order valence-electron chi connectivity index (χ0n) is 7.12. The summed E-state index contributed by atoms with van der Waals surface area (Å²) in [5.41, 5.74) is 0. The van der Waals surface area contributed by atoms with Gasteiger partial charge in [0.2, 0.25) is 0 Å². The van der Waals surface area contributed by atoms with E-state index in [4.69, 9.17) is 0 Å². The molecular formula is C8H17NS2. The van der Waals surface area contributed by atoms with Gasteiger partial charge in [0.15, 0.2) is 0 Å². The van der Waals surface area contributed by atoms with Crippen LogP contribution in [0.25, 0.3) is 0 Å². The fraction of sp³-hybridized carbons (Fsp3) is 1.00. The molecule has 1 aliphatic carbocycles. The zero-order valence-corrected chi connectivity index (χ0v) is 8.83. The maximum Gasteiger partial charge on any atom is 0.0509 e. The molecule has 0 aromatic rings. The second kappa shape index (κ2) is 5.33. The first-order valence-corrected chi connectivity index (χ1v) is 5.88. The van der Waals surface area contributed by atoms with Crippen LogP contribution in [0.4, 0.5) is 0 Å². The van der Waals surface area contributed by atoms with Crippen LogP contribution in [-0.2, 0) is 0 Å². The van der Waals surface area contributed by atoms with Crippen LogP contribution in [0, 0.1) is 0 Å². The molecule has 0 aliphatic heterocycles. The summed E-state index contributed by atoms with van der Waals surface area (Å²) in [4.78, 5) is 0. The van der Waals surface area contributed by atoms with E-state index in [0.29, 0.717) is 0 Å². The average Bonchev–Trinajstić information content (AvgIpc) is 2.07. The highest BCUT2D eigenvalue weighted by Gasteiger charge is 2.17. The SMILES string of the molecule is CN(SCS)C1CCCCC1. The summed E-state index contributed by atoms with van der Waals surface area (Å²) in [5, 5.41) is 0.910. The van der Waals surface area contributed by atoms with Crippen molar-refractivity contribution in [1.82, 2.24) is 4.31 Å². The van der Waals surface area contributed by atoms with Crippen LogP contribution in [0.3, 0.4) is 0 Å². The number of hydrogen-bond acceptors (Lipinski definition) is 3. The van der Waals surface area contributed by atoms with Crippen LogP contribution in [0.1, 0.15) is 32.1 Å². The largest absolute Gasteiger partial charge is 0.250 e. The third kappa shape index (κ3) is 3.26. The van der Waals surface area contributed by atoms with Gasteiger partial charge in [0.1, 0.15) is 0 Å². The van der Waals surface area contributed by atoms with E-state index in [9.17, 15) is 0 Å². The van der Waals surface area contributed by atoms with Crippen molar-refractivity contribution < 1.29 is 0 Å². The molecule has 1 rings (SSSR count). The lowest BCUT2D eigenvalue weighted by Gasteiger charge is -2.29. The van der Waals surface area contributed by atoms with Crippen molar-refractivity contribution in [2.24, 2.45) is 0 Å². The summed E-state index contributed by atoms with van der Waals surface area (Å²) in [6.07, 6.45) is 7.05. The van der Waals surface area contributed by atoms with Crippen molar-refractivity contribution >= 4 is 24.6 Å². The van der Waals surface area contributed by atoms with E-state index in [1.54, 1.807) is 0 Å². The van der Waals surface area contributed by atoms with E-state index in [2.05, 4.69) is 24.0 Å². The maximum absolute atomic E-state index is 4.20. The molecule has 0 aromatic carbocycles. The van der Waals surface area contributed by atoms with Gasteiger partial charge in [-0.3, -0.25) is 0 Å². The minimum Gasteiger partial charge on any atom is -0.250 e. The van der Waals surface area contributed by atoms with Gasteiger partial charge in [0, 0.05) is 6.04 Å². The second-order valence-corrected chi connectivity index (χ2v) is 4.96. The van der Waals surface area contributed by atoms with Gasteiger partial charge in [-0.25, -0.2) is 4.31 Å². The van der Waals surface area contributed by atoms with Gasteiger partial charge in [0.05, 0.1) is 5.08 Å². The molecule has 0 N–H and O–H groups in total. The van der Waals surface area contributed by atoms with Crippen LogP contribution in [0.2, 0.25) is 0 Å². The third-order valence-corrected chi connectivity index (χ3v) is 3.52. The molecule has 0 spiro atoms. The highest BCUT2D eigenvalue weighted by atomic mass is 32.2. The molecule has 1 aliphatic rings. The first kappa shape index (κ1) is 9.75. The summed E-state index contributed by atoms with van der Waals surface area (Å²) in [7, 11) is 2.19. The van der Waals surface area contributed by atoms with Gasteiger partial charge in [-0.05, 0) is 19.9 Å². The van der Waals surface area contributed by atoms with E-state index in [0.717, 1.165) is 11.1 Å². The van der Waals surface area contributed by atoms with Crippen LogP contribution < -0.4 is 0 Å². The smallest absolute Gasteiger partial charge is 0.0509 e.